The predicted molar refractivity (Wildman–Crippen MR) is 114 cm³/mol. The van der Waals surface area contributed by atoms with Crippen molar-refractivity contribution < 1.29 is 19.7 Å². The zero-order valence-electron chi connectivity index (χ0n) is 16.6. The van der Waals surface area contributed by atoms with Gasteiger partial charge in [0.25, 0.3) is 0 Å². The van der Waals surface area contributed by atoms with Crippen LogP contribution in [0.15, 0.2) is 41.8 Å². The van der Waals surface area contributed by atoms with Crippen molar-refractivity contribution in [3.63, 3.8) is 0 Å². The molecule has 2 aliphatic rings. The van der Waals surface area contributed by atoms with Crippen LogP contribution in [0.1, 0.15) is 47.6 Å². The quantitative estimate of drug-likeness (QED) is 0.674. The second-order valence-corrected chi connectivity index (χ2v) is 9.08. The van der Waals surface area contributed by atoms with Gasteiger partial charge in [0.1, 0.15) is 0 Å². The van der Waals surface area contributed by atoms with Gasteiger partial charge < -0.3 is 19.7 Å². The molecular weight excluding hydrogens is 384 g/mol. The molecule has 3 atom stereocenters. The molecule has 1 spiro atoms. The van der Waals surface area contributed by atoms with Crippen LogP contribution < -0.4 is 0 Å². The van der Waals surface area contributed by atoms with Crippen LogP contribution in [0.5, 0.6) is 0 Å². The largest absolute Gasteiger partial charge is 0.394 e. The molecule has 5 heteroatoms. The number of aliphatic hydroxyl groups excluding tert-OH is 2. The Morgan fingerprint density at radius 3 is 2.72 bits per heavy atom. The van der Waals surface area contributed by atoms with Gasteiger partial charge in [0, 0.05) is 23.1 Å². The summed E-state index contributed by atoms with van der Waals surface area (Å²) in [7, 11) is 0. The lowest BCUT2D eigenvalue weighted by atomic mass is 9.90. The standard InChI is InChI=1S/C24H26O4S/c1-2-15-3-5-16(6-4-15)7-18-14-29-23-8-17-13-27-24(22(17)10-21(18)23)11-19(26)9-20(12-25)28-24/h3-6,8,10,14,19-20,25-26H,2,7,9,11-13H2,1H3/t19-,20-,24+/m0/s1. The summed E-state index contributed by atoms with van der Waals surface area (Å²) in [5.74, 6) is -0.948. The Morgan fingerprint density at radius 1 is 1.17 bits per heavy atom. The molecule has 4 nitrogen and oxygen atoms in total. The van der Waals surface area contributed by atoms with Crippen LogP contribution in [-0.4, -0.2) is 29.0 Å². The summed E-state index contributed by atoms with van der Waals surface area (Å²) in [6.07, 6.45) is 1.84. The molecule has 1 saturated heterocycles. The molecule has 2 N–H and O–H groups in total. The number of thiophene rings is 1. The molecular formula is C24H26O4S. The minimum absolute atomic E-state index is 0.114. The van der Waals surface area contributed by atoms with E-state index in [1.54, 1.807) is 11.3 Å². The molecule has 1 aromatic heterocycles. The number of benzene rings is 2. The molecule has 2 aromatic carbocycles. The van der Waals surface area contributed by atoms with Crippen molar-refractivity contribution >= 4 is 21.4 Å². The number of fused-ring (bicyclic) bond motifs is 3. The summed E-state index contributed by atoms with van der Waals surface area (Å²) in [4.78, 5) is 0. The van der Waals surface area contributed by atoms with Gasteiger partial charge >= 0.3 is 0 Å². The van der Waals surface area contributed by atoms with Crippen molar-refractivity contribution in [2.75, 3.05) is 6.61 Å². The summed E-state index contributed by atoms with van der Waals surface area (Å²) in [6.45, 7) is 2.53. The molecule has 3 aromatic rings. The van der Waals surface area contributed by atoms with Gasteiger partial charge in [-0.3, -0.25) is 0 Å². The van der Waals surface area contributed by atoms with Crippen LogP contribution in [-0.2, 0) is 34.7 Å². The Bertz CT molecular complexity index is 1030. The Balaban J connectivity index is 1.52. The van der Waals surface area contributed by atoms with E-state index in [1.165, 1.54) is 26.8 Å². The van der Waals surface area contributed by atoms with Crippen molar-refractivity contribution in [1.29, 1.82) is 0 Å². The van der Waals surface area contributed by atoms with Gasteiger partial charge in [-0.25, -0.2) is 0 Å². The van der Waals surface area contributed by atoms with Gasteiger partial charge in [-0.2, -0.15) is 0 Å². The third kappa shape index (κ3) is 3.41. The minimum Gasteiger partial charge on any atom is -0.394 e. The molecule has 152 valence electrons. The third-order valence-corrected chi connectivity index (χ3v) is 7.17. The summed E-state index contributed by atoms with van der Waals surface area (Å²) >= 11 is 1.76. The van der Waals surface area contributed by atoms with E-state index in [-0.39, 0.29) is 6.61 Å². The molecule has 29 heavy (non-hydrogen) atoms. The molecule has 3 heterocycles. The van der Waals surface area contributed by atoms with E-state index in [2.05, 4.69) is 48.7 Å². The lowest BCUT2D eigenvalue weighted by Crippen LogP contribution is -2.45. The molecule has 0 bridgehead atoms. The zero-order chi connectivity index (χ0) is 20.0. The first kappa shape index (κ1) is 19.2. The Kier molecular flexibility index (Phi) is 4.96. The number of hydrogen-bond acceptors (Lipinski definition) is 5. The van der Waals surface area contributed by atoms with Gasteiger partial charge in [0.05, 0.1) is 25.4 Å². The van der Waals surface area contributed by atoms with Gasteiger partial charge in [0.2, 0.25) is 0 Å². The smallest absolute Gasteiger partial charge is 0.198 e. The zero-order valence-corrected chi connectivity index (χ0v) is 17.4. The van der Waals surface area contributed by atoms with Crippen molar-refractivity contribution in [2.24, 2.45) is 0 Å². The molecule has 0 amide bonds. The molecule has 0 unspecified atom stereocenters. The van der Waals surface area contributed by atoms with Crippen molar-refractivity contribution in [3.05, 3.63) is 69.6 Å². The van der Waals surface area contributed by atoms with Gasteiger partial charge in [-0.05, 0) is 58.0 Å². The first-order valence-electron chi connectivity index (χ1n) is 10.3. The summed E-state index contributed by atoms with van der Waals surface area (Å²) in [5, 5.41) is 23.4. The van der Waals surface area contributed by atoms with Crippen LogP contribution in [0, 0.1) is 0 Å². The molecule has 0 radical (unpaired) electrons. The lowest BCUT2D eigenvalue weighted by molar-refractivity contribution is -0.302. The van der Waals surface area contributed by atoms with Crippen LogP contribution in [0.2, 0.25) is 0 Å². The summed E-state index contributed by atoms with van der Waals surface area (Å²) in [6, 6.07) is 13.2. The van der Waals surface area contributed by atoms with E-state index in [4.69, 9.17) is 9.47 Å². The molecule has 0 aliphatic carbocycles. The highest BCUT2D eigenvalue weighted by molar-refractivity contribution is 7.17. The van der Waals surface area contributed by atoms with Crippen molar-refractivity contribution in [3.8, 4) is 0 Å². The molecule has 5 rings (SSSR count). The highest BCUT2D eigenvalue weighted by Gasteiger charge is 2.48. The maximum absolute atomic E-state index is 10.4. The van der Waals surface area contributed by atoms with E-state index < -0.39 is 18.0 Å². The number of ether oxygens (including phenoxy) is 2. The monoisotopic (exact) mass is 410 g/mol. The second-order valence-electron chi connectivity index (χ2n) is 8.17. The number of rotatable bonds is 4. The van der Waals surface area contributed by atoms with Gasteiger partial charge in [-0.1, -0.05) is 31.2 Å². The molecule has 2 aliphatic heterocycles. The SMILES string of the molecule is CCc1ccc(Cc2csc3cc4c(cc23)[C@]2(C[C@@H](O)C[C@@H](CO)O2)OC4)cc1. The number of aliphatic hydroxyl groups is 2. The fraction of sp³-hybridized carbons (Fsp3) is 0.417. The van der Waals surface area contributed by atoms with Crippen molar-refractivity contribution in [2.45, 2.75) is 57.2 Å². The topological polar surface area (TPSA) is 58.9 Å². The van der Waals surface area contributed by atoms with Crippen LogP contribution >= 0.6 is 11.3 Å². The number of aryl methyl sites for hydroxylation is 1. The average molecular weight is 411 g/mol. The van der Waals surface area contributed by atoms with Crippen LogP contribution in [0.4, 0.5) is 0 Å². The van der Waals surface area contributed by atoms with E-state index in [0.29, 0.717) is 19.4 Å². The predicted octanol–water partition coefficient (Wildman–Crippen LogP) is 4.27. The normalized spacial score (nSPS) is 26.3. The van der Waals surface area contributed by atoms with Crippen LogP contribution in [0.3, 0.4) is 0 Å². The first-order valence-corrected chi connectivity index (χ1v) is 11.2. The van der Waals surface area contributed by atoms with E-state index in [0.717, 1.165) is 24.0 Å². The maximum atomic E-state index is 10.4. The van der Waals surface area contributed by atoms with Crippen molar-refractivity contribution in [1.82, 2.24) is 0 Å². The highest BCUT2D eigenvalue weighted by atomic mass is 32.1. The highest BCUT2D eigenvalue weighted by Crippen LogP contribution is 2.47. The Labute approximate surface area is 174 Å². The number of hydrogen-bond donors (Lipinski definition) is 2. The summed E-state index contributed by atoms with van der Waals surface area (Å²) < 4.78 is 13.5. The van der Waals surface area contributed by atoms with E-state index in [1.807, 2.05) is 0 Å². The van der Waals surface area contributed by atoms with Gasteiger partial charge in [0.15, 0.2) is 5.79 Å². The van der Waals surface area contributed by atoms with E-state index >= 15 is 0 Å². The fourth-order valence-corrected chi connectivity index (χ4v) is 5.61. The second kappa shape index (κ2) is 7.49. The molecule has 1 fully saturated rings. The summed E-state index contributed by atoms with van der Waals surface area (Å²) in [5.41, 5.74) is 6.08. The lowest BCUT2D eigenvalue weighted by Gasteiger charge is -2.40. The molecule has 0 saturated carbocycles. The van der Waals surface area contributed by atoms with E-state index in [9.17, 15) is 10.2 Å². The third-order valence-electron chi connectivity index (χ3n) is 6.18. The maximum Gasteiger partial charge on any atom is 0.198 e. The van der Waals surface area contributed by atoms with Crippen LogP contribution in [0.25, 0.3) is 10.1 Å². The fourth-order valence-electron chi connectivity index (χ4n) is 4.60. The first-order chi connectivity index (χ1) is 14.1. The van der Waals surface area contributed by atoms with Gasteiger partial charge in [-0.15, -0.1) is 11.3 Å². The Hall–Kier alpha value is -1.76. The average Bonchev–Trinajstić information content (AvgIpc) is 3.28. The Morgan fingerprint density at radius 2 is 1.97 bits per heavy atom. The minimum atomic E-state index is -0.948.